The third kappa shape index (κ3) is 3.28. The standard InChI is InChI=1S/C15H12ClF2NO2S/c1-2-9-19(15-8-5-12(17)10-14(15)18)22(20,21)13-6-3-11(16)4-7-13/h2-8,10H,1,9H2. The lowest BCUT2D eigenvalue weighted by molar-refractivity contribution is 0.575. The van der Waals surface area contributed by atoms with Gasteiger partial charge in [0.15, 0.2) is 0 Å². The van der Waals surface area contributed by atoms with E-state index < -0.39 is 21.7 Å². The minimum absolute atomic E-state index is 0.0533. The van der Waals surface area contributed by atoms with Crippen LogP contribution in [-0.4, -0.2) is 15.0 Å². The number of hydrogen-bond donors (Lipinski definition) is 0. The zero-order chi connectivity index (χ0) is 16.3. The third-order valence-corrected chi connectivity index (χ3v) is 4.92. The normalized spacial score (nSPS) is 11.2. The molecular formula is C15H12ClF2NO2S. The number of anilines is 1. The van der Waals surface area contributed by atoms with Crippen LogP contribution in [0.5, 0.6) is 0 Å². The lowest BCUT2D eigenvalue weighted by Gasteiger charge is -2.23. The summed E-state index contributed by atoms with van der Waals surface area (Å²) in [5, 5.41) is 0.377. The molecule has 0 spiro atoms. The molecule has 0 saturated heterocycles. The zero-order valence-corrected chi connectivity index (χ0v) is 12.9. The van der Waals surface area contributed by atoms with Crippen LogP contribution in [0.15, 0.2) is 60.0 Å². The van der Waals surface area contributed by atoms with E-state index in [2.05, 4.69) is 6.58 Å². The highest BCUT2D eigenvalue weighted by Crippen LogP contribution is 2.27. The van der Waals surface area contributed by atoms with Gasteiger partial charge in [-0.2, -0.15) is 0 Å². The number of nitrogens with zero attached hydrogens (tertiary/aromatic N) is 1. The molecular weight excluding hydrogens is 332 g/mol. The number of benzene rings is 2. The van der Waals surface area contributed by atoms with E-state index in [1.165, 1.54) is 30.3 Å². The number of sulfonamides is 1. The van der Waals surface area contributed by atoms with Crippen LogP contribution in [0.25, 0.3) is 0 Å². The van der Waals surface area contributed by atoms with E-state index >= 15 is 0 Å². The van der Waals surface area contributed by atoms with E-state index in [1.54, 1.807) is 0 Å². The maximum Gasteiger partial charge on any atom is 0.264 e. The molecule has 0 bridgehead atoms. The molecule has 0 aromatic heterocycles. The first-order valence-electron chi connectivity index (χ1n) is 6.20. The van der Waals surface area contributed by atoms with Gasteiger partial charge in [0.1, 0.15) is 11.6 Å². The van der Waals surface area contributed by atoms with Gasteiger partial charge in [0.25, 0.3) is 10.0 Å². The predicted octanol–water partition coefficient (Wildman–Crippen LogP) is 4.00. The molecule has 22 heavy (non-hydrogen) atoms. The minimum atomic E-state index is -4.03. The van der Waals surface area contributed by atoms with Gasteiger partial charge in [-0.15, -0.1) is 6.58 Å². The van der Waals surface area contributed by atoms with Crippen molar-refractivity contribution in [3.8, 4) is 0 Å². The van der Waals surface area contributed by atoms with E-state index in [1.807, 2.05) is 0 Å². The molecule has 116 valence electrons. The zero-order valence-electron chi connectivity index (χ0n) is 11.3. The maximum absolute atomic E-state index is 13.9. The van der Waals surface area contributed by atoms with Crippen LogP contribution in [-0.2, 0) is 10.0 Å². The van der Waals surface area contributed by atoms with Gasteiger partial charge in [-0.25, -0.2) is 17.2 Å². The van der Waals surface area contributed by atoms with Crippen LogP contribution in [0, 0.1) is 11.6 Å². The molecule has 0 N–H and O–H groups in total. The number of hydrogen-bond acceptors (Lipinski definition) is 2. The summed E-state index contributed by atoms with van der Waals surface area (Å²) >= 11 is 5.74. The van der Waals surface area contributed by atoms with Gasteiger partial charge >= 0.3 is 0 Å². The van der Waals surface area contributed by atoms with E-state index in [9.17, 15) is 17.2 Å². The summed E-state index contributed by atoms with van der Waals surface area (Å²) < 4.78 is 53.1. The topological polar surface area (TPSA) is 37.4 Å². The molecule has 2 aromatic rings. The molecule has 0 atom stereocenters. The largest absolute Gasteiger partial charge is 0.264 e. The molecule has 2 aromatic carbocycles. The molecule has 0 aliphatic heterocycles. The van der Waals surface area contributed by atoms with Crippen molar-refractivity contribution in [2.75, 3.05) is 10.8 Å². The minimum Gasteiger partial charge on any atom is -0.260 e. The first-order chi connectivity index (χ1) is 10.4. The predicted molar refractivity (Wildman–Crippen MR) is 82.5 cm³/mol. The van der Waals surface area contributed by atoms with E-state index in [-0.39, 0.29) is 17.1 Å². The first-order valence-corrected chi connectivity index (χ1v) is 8.02. The van der Waals surface area contributed by atoms with Crippen molar-refractivity contribution in [2.24, 2.45) is 0 Å². The fourth-order valence-electron chi connectivity index (χ4n) is 1.86. The first kappa shape index (κ1) is 16.5. The Balaban J connectivity index is 2.55. The lowest BCUT2D eigenvalue weighted by Crippen LogP contribution is -2.32. The van der Waals surface area contributed by atoms with Crippen LogP contribution >= 0.6 is 11.6 Å². The Morgan fingerprint density at radius 2 is 1.77 bits per heavy atom. The van der Waals surface area contributed by atoms with Crippen molar-refractivity contribution in [3.63, 3.8) is 0 Å². The molecule has 0 saturated carbocycles. The van der Waals surface area contributed by atoms with Crippen LogP contribution in [0.4, 0.5) is 14.5 Å². The molecule has 3 nitrogen and oxygen atoms in total. The Kier molecular flexibility index (Phi) is 4.83. The summed E-state index contributed by atoms with van der Waals surface area (Å²) in [6, 6.07) is 8.16. The summed E-state index contributed by atoms with van der Waals surface area (Å²) in [6.07, 6.45) is 1.32. The van der Waals surface area contributed by atoms with Gasteiger partial charge in [-0.05, 0) is 36.4 Å². The van der Waals surface area contributed by atoms with E-state index in [4.69, 9.17) is 11.6 Å². The van der Waals surface area contributed by atoms with Crippen LogP contribution in [0.1, 0.15) is 0 Å². The maximum atomic E-state index is 13.9. The molecule has 0 heterocycles. The van der Waals surface area contributed by atoms with Gasteiger partial charge in [-0.1, -0.05) is 17.7 Å². The van der Waals surface area contributed by atoms with E-state index in [0.717, 1.165) is 16.4 Å². The summed E-state index contributed by atoms with van der Waals surface area (Å²) in [7, 11) is -4.03. The van der Waals surface area contributed by atoms with Gasteiger partial charge in [0.2, 0.25) is 0 Å². The summed E-state index contributed by atoms with van der Waals surface area (Å²) in [5.41, 5.74) is -0.253. The van der Waals surface area contributed by atoms with Crippen molar-refractivity contribution in [2.45, 2.75) is 4.90 Å². The fraction of sp³-hybridized carbons (Fsp3) is 0.0667. The van der Waals surface area contributed by atoms with Crippen molar-refractivity contribution in [3.05, 3.63) is 71.8 Å². The Bertz CT molecular complexity index is 792. The molecule has 0 unspecified atom stereocenters. The molecule has 0 aliphatic carbocycles. The second-order valence-corrected chi connectivity index (χ2v) is 6.67. The second-order valence-electron chi connectivity index (χ2n) is 4.37. The molecule has 0 aliphatic rings. The fourth-order valence-corrected chi connectivity index (χ4v) is 3.43. The highest BCUT2D eigenvalue weighted by molar-refractivity contribution is 7.92. The Morgan fingerprint density at radius 1 is 1.14 bits per heavy atom. The molecule has 0 amide bonds. The molecule has 2 rings (SSSR count). The summed E-state index contributed by atoms with van der Waals surface area (Å²) in [5.74, 6) is -1.76. The van der Waals surface area contributed by atoms with Crippen molar-refractivity contribution >= 4 is 27.3 Å². The summed E-state index contributed by atoms with van der Waals surface area (Å²) in [6.45, 7) is 3.31. The van der Waals surface area contributed by atoms with Gasteiger partial charge in [0, 0.05) is 11.1 Å². The Hall–Kier alpha value is -1.92. The van der Waals surface area contributed by atoms with Crippen LogP contribution in [0.3, 0.4) is 0 Å². The third-order valence-electron chi connectivity index (χ3n) is 2.87. The van der Waals surface area contributed by atoms with Crippen molar-refractivity contribution in [1.82, 2.24) is 0 Å². The smallest absolute Gasteiger partial charge is 0.260 e. The molecule has 7 heteroatoms. The highest BCUT2D eigenvalue weighted by Gasteiger charge is 2.26. The average Bonchev–Trinajstić information content (AvgIpc) is 2.46. The molecule has 0 fully saturated rings. The lowest BCUT2D eigenvalue weighted by atomic mass is 10.3. The van der Waals surface area contributed by atoms with Crippen LogP contribution < -0.4 is 4.31 Å². The molecule has 0 radical (unpaired) electrons. The number of rotatable bonds is 5. The monoisotopic (exact) mass is 343 g/mol. The Morgan fingerprint density at radius 3 is 2.32 bits per heavy atom. The van der Waals surface area contributed by atoms with Gasteiger partial charge in [0.05, 0.1) is 17.1 Å². The van der Waals surface area contributed by atoms with Gasteiger partial charge in [-0.3, -0.25) is 4.31 Å². The average molecular weight is 344 g/mol. The Labute approximate surface area is 132 Å². The highest BCUT2D eigenvalue weighted by atomic mass is 35.5. The number of halogens is 3. The SMILES string of the molecule is C=CCN(c1ccc(F)cc1F)S(=O)(=O)c1ccc(Cl)cc1. The van der Waals surface area contributed by atoms with Gasteiger partial charge < -0.3 is 0 Å². The quantitative estimate of drug-likeness (QED) is 0.769. The van der Waals surface area contributed by atoms with E-state index in [0.29, 0.717) is 11.1 Å². The summed E-state index contributed by atoms with van der Waals surface area (Å²) in [4.78, 5) is -0.0533. The van der Waals surface area contributed by atoms with Crippen molar-refractivity contribution in [1.29, 1.82) is 0 Å². The van der Waals surface area contributed by atoms with Crippen LogP contribution in [0.2, 0.25) is 5.02 Å². The second kappa shape index (κ2) is 6.46. The van der Waals surface area contributed by atoms with Crippen molar-refractivity contribution < 1.29 is 17.2 Å².